The molecule has 2 aromatic heterocycles. The average Bonchev–Trinajstić information content (AvgIpc) is 3.14. The van der Waals surface area contributed by atoms with Crippen molar-refractivity contribution >= 4 is 22.6 Å². The first-order chi connectivity index (χ1) is 10.3. The van der Waals surface area contributed by atoms with Gasteiger partial charge in [-0.05, 0) is 24.6 Å². The van der Waals surface area contributed by atoms with E-state index in [1.54, 1.807) is 12.5 Å². The monoisotopic (exact) mass is 304 g/mol. The van der Waals surface area contributed by atoms with Crippen molar-refractivity contribution in [3.8, 4) is 5.75 Å². The first kappa shape index (κ1) is 14.0. The fraction of sp³-hybridized carbons (Fsp3) is 0.312. The zero-order valence-corrected chi connectivity index (χ0v) is 12.6. The minimum Gasteiger partial charge on any atom is -0.491 e. The molecule has 0 aliphatic carbocycles. The molecule has 5 heteroatoms. The van der Waals surface area contributed by atoms with Gasteiger partial charge in [0.25, 0.3) is 0 Å². The Balaban J connectivity index is 2.05. The highest BCUT2D eigenvalue weighted by atomic mass is 35.5. The summed E-state index contributed by atoms with van der Waals surface area (Å²) in [6.07, 6.45) is 4.38. The van der Waals surface area contributed by atoms with Crippen molar-refractivity contribution in [3.05, 3.63) is 48.2 Å². The summed E-state index contributed by atoms with van der Waals surface area (Å²) >= 11 is 6.05. The van der Waals surface area contributed by atoms with Crippen LogP contribution in [-0.4, -0.2) is 16.2 Å². The summed E-state index contributed by atoms with van der Waals surface area (Å²) in [4.78, 5) is 4.64. The van der Waals surface area contributed by atoms with Gasteiger partial charge in [-0.25, -0.2) is 4.98 Å². The van der Waals surface area contributed by atoms with Gasteiger partial charge in [-0.1, -0.05) is 13.0 Å². The van der Waals surface area contributed by atoms with Crippen molar-refractivity contribution in [1.82, 2.24) is 9.55 Å². The third-order valence-corrected chi connectivity index (χ3v) is 3.56. The maximum Gasteiger partial charge on any atom is 0.147 e. The summed E-state index contributed by atoms with van der Waals surface area (Å²) in [7, 11) is 0. The van der Waals surface area contributed by atoms with Crippen LogP contribution in [0.1, 0.15) is 24.7 Å². The molecule has 0 N–H and O–H groups in total. The molecule has 4 nitrogen and oxygen atoms in total. The van der Waals surface area contributed by atoms with E-state index in [9.17, 15) is 0 Å². The SMILES string of the molecule is CCCOc1cccc2c1nc(CCl)n2Cc1ccoc1. The van der Waals surface area contributed by atoms with Gasteiger partial charge in [0.15, 0.2) is 0 Å². The van der Waals surface area contributed by atoms with Crippen LogP contribution in [0.25, 0.3) is 11.0 Å². The number of imidazole rings is 1. The molecule has 0 fully saturated rings. The van der Waals surface area contributed by atoms with Gasteiger partial charge in [-0.2, -0.15) is 0 Å². The maximum atomic E-state index is 6.05. The van der Waals surface area contributed by atoms with E-state index in [0.717, 1.165) is 34.6 Å². The number of para-hydroxylation sites is 1. The van der Waals surface area contributed by atoms with Gasteiger partial charge in [0.2, 0.25) is 0 Å². The number of ether oxygens (including phenoxy) is 1. The van der Waals surface area contributed by atoms with Gasteiger partial charge in [0.1, 0.15) is 17.1 Å². The van der Waals surface area contributed by atoms with Crippen LogP contribution in [0.2, 0.25) is 0 Å². The van der Waals surface area contributed by atoms with Crippen LogP contribution in [-0.2, 0) is 12.4 Å². The van der Waals surface area contributed by atoms with Crippen molar-refractivity contribution in [3.63, 3.8) is 0 Å². The first-order valence-electron chi connectivity index (χ1n) is 7.01. The average molecular weight is 305 g/mol. The van der Waals surface area contributed by atoms with Gasteiger partial charge >= 0.3 is 0 Å². The zero-order chi connectivity index (χ0) is 14.7. The molecule has 2 heterocycles. The Morgan fingerprint density at radius 2 is 2.24 bits per heavy atom. The highest BCUT2D eigenvalue weighted by Gasteiger charge is 2.14. The molecule has 0 bridgehead atoms. The normalized spacial score (nSPS) is 11.1. The lowest BCUT2D eigenvalue weighted by Gasteiger charge is -2.07. The van der Waals surface area contributed by atoms with Crippen LogP contribution in [0.5, 0.6) is 5.75 Å². The second-order valence-electron chi connectivity index (χ2n) is 4.85. The maximum absolute atomic E-state index is 6.05. The summed E-state index contributed by atoms with van der Waals surface area (Å²) in [5, 5.41) is 0. The van der Waals surface area contributed by atoms with E-state index < -0.39 is 0 Å². The van der Waals surface area contributed by atoms with Crippen LogP contribution < -0.4 is 4.74 Å². The zero-order valence-electron chi connectivity index (χ0n) is 11.9. The fourth-order valence-electron chi connectivity index (χ4n) is 2.34. The predicted octanol–water partition coefficient (Wildman–Crippen LogP) is 4.21. The molecular weight excluding hydrogens is 288 g/mol. The molecule has 0 atom stereocenters. The van der Waals surface area contributed by atoms with Gasteiger partial charge < -0.3 is 13.7 Å². The largest absolute Gasteiger partial charge is 0.491 e. The number of halogens is 1. The molecule has 0 saturated carbocycles. The number of nitrogens with zero attached hydrogens (tertiary/aromatic N) is 2. The smallest absolute Gasteiger partial charge is 0.147 e. The van der Waals surface area contributed by atoms with Crippen molar-refractivity contribution in [2.24, 2.45) is 0 Å². The molecule has 0 spiro atoms. The third kappa shape index (κ3) is 2.76. The van der Waals surface area contributed by atoms with Crippen LogP contribution in [0.15, 0.2) is 41.2 Å². The van der Waals surface area contributed by atoms with Gasteiger partial charge in [0, 0.05) is 5.56 Å². The molecule has 3 aromatic rings. The lowest BCUT2D eigenvalue weighted by Crippen LogP contribution is -2.02. The molecule has 0 aliphatic heterocycles. The summed E-state index contributed by atoms with van der Waals surface area (Å²) in [6.45, 7) is 3.46. The number of aromatic nitrogens is 2. The molecule has 3 rings (SSSR count). The quantitative estimate of drug-likeness (QED) is 0.641. The van der Waals surface area contributed by atoms with Crippen LogP contribution in [0.4, 0.5) is 0 Å². The Hall–Kier alpha value is -1.94. The number of hydrogen-bond donors (Lipinski definition) is 0. The van der Waals surface area contributed by atoms with Gasteiger partial charge in [0.05, 0.1) is 37.1 Å². The molecule has 21 heavy (non-hydrogen) atoms. The Kier molecular flexibility index (Phi) is 4.15. The molecule has 0 unspecified atom stereocenters. The molecule has 110 valence electrons. The van der Waals surface area contributed by atoms with Crippen molar-refractivity contribution in [2.45, 2.75) is 25.8 Å². The predicted molar refractivity (Wildman–Crippen MR) is 82.9 cm³/mol. The highest BCUT2D eigenvalue weighted by Crippen LogP contribution is 2.27. The number of furan rings is 1. The molecule has 0 aliphatic rings. The van der Waals surface area contributed by atoms with E-state index in [4.69, 9.17) is 20.8 Å². The van der Waals surface area contributed by atoms with E-state index in [-0.39, 0.29) is 0 Å². The summed E-state index contributed by atoms with van der Waals surface area (Å²) < 4.78 is 13.0. The Bertz CT molecular complexity index is 719. The molecule has 1 aromatic carbocycles. The fourth-order valence-corrected chi connectivity index (χ4v) is 2.55. The number of alkyl halides is 1. The number of fused-ring (bicyclic) bond motifs is 1. The van der Waals surface area contributed by atoms with Gasteiger partial charge in [-0.3, -0.25) is 0 Å². The number of hydrogen-bond acceptors (Lipinski definition) is 3. The second-order valence-corrected chi connectivity index (χ2v) is 5.12. The number of benzene rings is 1. The molecular formula is C16H17ClN2O2. The van der Waals surface area contributed by atoms with E-state index >= 15 is 0 Å². The molecule has 0 saturated heterocycles. The molecule has 0 amide bonds. The summed E-state index contributed by atoms with van der Waals surface area (Å²) in [5.74, 6) is 2.01. The van der Waals surface area contributed by atoms with Crippen LogP contribution >= 0.6 is 11.6 Å². The van der Waals surface area contributed by atoms with Crippen molar-refractivity contribution in [1.29, 1.82) is 0 Å². The Morgan fingerprint density at radius 3 is 2.95 bits per heavy atom. The van der Waals surface area contributed by atoms with Gasteiger partial charge in [-0.15, -0.1) is 11.6 Å². The standard InChI is InChI=1S/C16H17ClN2O2/c1-2-7-21-14-5-3-4-13-16(14)18-15(9-17)19(13)10-12-6-8-20-11-12/h3-6,8,11H,2,7,9-10H2,1H3. The Morgan fingerprint density at radius 1 is 1.33 bits per heavy atom. The van der Waals surface area contributed by atoms with Crippen molar-refractivity contribution in [2.75, 3.05) is 6.61 Å². The van der Waals surface area contributed by atoms with E-state index in [2.05, 4.69) is 16.5 Å². The third-order valence-electron chi connectivity index (χ3n) is 3.32. The van der Waals surface area contributed by atoms with E-state index in [0.29, 0.717) is 19.0 Å². The summed E-state index contributed by atoms with van der Waals surface area (Å²) in [5.41, 5.74) is 2.98. The minimum atomic E-state index is 0.361. The summed E-state index contributed by atoms with van der Waals surface area (Å²) in [6, 6.07) is 7.92. The van der Waals surface area contributed by atoms with Crippen molar-refractivity contribution < 1.29 is 9.15 Å². The lowest BCUT2D eigenvalue weighted by molar-refractivity contribution is 0.320. The minimum absolute atomic E-state index is 0.361. The van der Waals surface area contributed by atoms with E-state index in [1.165, 1.54) is 0 Å². The van der Waals surface area contributed by atoms with Crippen LogP contribution in [0, 0.1) is 0 Å². The highest BCUT2D eigenvalue weighted by molar-refractivity contribution is 6.16. The Labute approximate surface area is 128 Å². The van der Waals surface area contributed by atoms with Crippen LogP contribution in [0.3, 0.4) is 0 Å². The van der Waals surface area contributed by atoms with E-state index in [1.807, 2.05) is 24.3 Å². The number of rotatable bonds is 6. The topological polar surface area (TPSA) is 40.2 Å². The first-order valence-corrected chi connectivity index (χ1v) is 7.55. The molecule has 0 radical (unpaired) electrons. The lowest BCUT2D eigenvalue weighted by atomic mass is 10.2. The second kappa shape index (κ2) is 6.22.